The van der Waals surface area contributed by atoms with Crippen molar-refractivity contribution in [2.24, 2.45) is 0 Å². The van der Waals surface area contributed by atoms with Crippen LogP contribution in [0.2, 0.25) is 0 Å². The third-order valence-electron chi connectivity index (χ3n) is 2.65. The Morgan fingerprint density at radius 1 is 1.00 bits per heavy atom. The van der Waals surface area contributed by atoms with E-state index in [0.717, 1.165) is 0 Å². The number of hydrogen-bond acceptors (Lipinski definition) is 1. The van der Waals surface area contributed by atoms with Crippen LogP contribution in [0.1, 0.15) is 26.3 Å². The van der Waals surface area contributed by atoms with Crippen molar-refractivity contribution in [1.82, 2.24) is 9.78 Å². The second kappa shape index (κ2) is 3.78. The van der Waals surface area contributed by atoms with Gasteiger partial charge in [-0.3, -0.25) is 4.68 Å². The third-order valence-corrected chi connectivity index (χ3v) is 2.65. The highest BCUT2D eigenvalue weighted by Gasteiger charge is 2.14. The molecule has 0 radical (unpaired) electrons. The number of aryl methyl sites for hydroxylation is 1. The smallest absolute Gasteiger partial charge is 0.0568 e. The minimum absolute atomic E-state index is 0.0446. The van der Waals surface area contributed by atoms with Gasteiger partial charge in [-0.05, 0) is 33.3 Å². The molecular weight excluding hydrogens is 196 g/mol. The van der Waals surface area contributed by atoms with Crippen LogP contribution in [0.25, 0.3) is 11.1 Å². The number of hydrogen-bond donors (Lipinski definition) is 0. The molecule has 2 nitrogen and oxygen atoms in total. The highest BCUT2D eigenvalue weighted by atomic mass is 15.3. The third kappa shape index (κ3) is 2.16. The molecule has 0 amide bonds. The van der Waals surface area contributed by atoms with Crippen LogP contribution in [0.15, 0.2) is 36.7 Å². The molecule has 84 valence electrons. The summed E-state index contributed by atoms with van der Waals surface area (Å²) in [5.41, 5.74) is 3.73. The molecule has 0 spiro atoms. The van der Waals surface area contributed by atoms with Gasteiger partial charge in [0, 0.05) is 11.8 Å². The number of benzene rings is 1. The Balaban J connectivity index is 2.35. The summed E-state index contributed by atoms with van der Waals surface area (Å²) >= 11 is 0. The molecule has 0 unspecified atom stereocenters. The van der Waals surface area contributed by atoms with Crippen LogP contribution in [0, 0.1) is 6.92 Å². The standard InChI is InChI=1S/C14H18N2/c1-11-5-7-12(8-6-11)13-9-15-16(10-13)14(2,3)4/h5-10H,1-4H3. The zero-order chi connectivity index (χ0) is 11.8. The first kappa shape index (κ1) is 10.9. The van der Waals surface area contributed by atoms with E-state index in [2.05, 4.69) is 63.3 Å². The average molecular weight is 214 g/mol. The minimum atomic E-state index is 0.0446. The van der Waals surface area contributed by atoms with Gasteiger partial charge in [-0.2, -0.15) is 5.10 Å². The van der Waals surface area contributed by atoms with Gasteiger partial charge in [-0.1, -0.05) is 29.8 Å². The fraction of sp³-hybridized carbons (Fsp3) is 0.357. The molecule has 2 rings (SSSR count). The molecule has 2 aromatic rings. The number of rotatable bonds is 1. The van der Waals surface area contributed by atoms with E-state index in [4.69, 9.17) is 0 Å². The van der Waals surface area contributed by atoms with Crippen LogP contribution in [-0.4, -0.2) is 9.78 Å². The second-order valence-corrected chi connectivity index (χ2v) is 5.21. The second-order valence-electron chi connectivity index (χ2n) is 5.21. The summed E-state index contributed by atoms with van der Waals surface area (Å²) in [7, 11) is 0. The fourth-order valence-electron chi connectivity index (χ4n) is 1.58. The van der Waals surface area contributed by atoms with Gasteiger partial charge in [0.05, 0.1) is 11.7 Å². The summed E-state index contributed by atoms with van der Waals surface area (Å²) in [6, 6.07) is 8.53. The van der Waals surface area contributed by atoms with Gasteiger partial charge in [0.15, 0.2) is 0 Å². The van der Waals surface area contributed by atoms with Crippen molar-refractivity contribution in [3.05, 3.63) is 42.2 Å². The van der Waals surface area contributed by atoms with Crippen LogP contribution >= 0.6 is 0 Å². The molecular formula is C14H18N2. The van der Waals surface area contributed by atoms with Gasteiger partial charge in [-0.25, -0.2) is 0 Å². The summed E-state index contributed by atoms with van der Waals surface area (Å²) in [6.45, 7) is 8.55. The molecule has 0 atom stereocenters. The molecule has 0 aliphatic carbocycles. The molecule has 2 heteroatoms. The van der Waals surface area contributed by atoms with Crippen molar-refractivity contribution in [2.75, 3.05) is 0 Å². The number of nitrogens with zero attached hydrogens (tertiary/aromatic N) is 2. The van der Waals surface area contributed by atoms with E-state index in [0.29, 0.717) is 0 Å². The van der Waals surface area contributed by atoms with Crippen molar-refractivity contribution in [3.63, 3.8) is 0 Å². The van der Waals surface area contributed by atoms with Gasteiger partial charge >= 0.3 is 0 Å². The maximum absolute atomic E-state index is 4.40. The topological polar surface area (TPSA) is 17.8 Å². The first-order valence-electron chi connectivity index (χ1n) is 5.59. The maximum atomic E-state index is 4.40. The highest BCUT2D eigenvalue weighted by molar-refractivity contribution is 5.61. The first-order valence-corrected chi connectivity index (χ1v) is 5.59. The van der Waals surface area contributed by atoms with E-state index in [-0.39, 0.29) is 5.54 Å². The van der Waals surface area contributed by atoms with Crippen LogP contribution in [0.3, 0.4) is 0 Å². The Morgan fingerprint density at radius 2 is 1.62 bits per heavy atom. The molecule has 0 saturated heterocycles. The summed E-state index contributed by atoms with van der Waals surface area (Å²) in [5, 5.41) is 4.40. The van der Waals surface area contributed by atoms with E-state index < -0.39 is 0 Å². The van der Waals surface area contributed by atoms with E-state index >= 15 is 0 Å². The van der Waals surface area contributed by atoms with Gasteiger partial charge in [0.2, 0.25) is 0 Å². The maximum Gasteiger partial charge on any atom is 0.0568 e. The van der Waals surface area contributed by atoms with Crippen molar-refractivity contribution in [2.45, 2.75) is 33.2 Å². The zero-order valence-corrected chi connectivity index (χ0v) is 10.4. The fourth-order valence-corrected chi connectivity index (χ4v) is 1.58. The van der Waals surface area contributed by atoms with Gasteiger partial charge in [0.25, 0.3) is 0 Å². The molecule has 16 heavy (non-hydrogen) atoms. The predicted molar refractivity (Wildman–Crippen MR) is 67.4 cm³/mol. The normalized spacial score (nSPS) is 11.8. The van der Waals surface area contributed by atoms with Crippen LogP contribution < -0.4 is 0 Å². The van der Waals surface area contributed by atoms with E-state index in [1.54, 1.807) is 0 Å². The van der Waals surface area contributed by atoms with Crippen LogP contribution in [0.5, 0.6) is 0 Å². The van der Waals surface area contributed by atoms with Crippen molar-refractivity contribution < 1.29 is 0 Å². The highest BCUT2D eigenvalue weighted by Crippen LogP contribution is 2.22. The molecule has 0 bridgehead atoms. The largest absolute Gasteiger partial charge is 0.267 e. The summed E-state index contributed by atoms with van der Waals surface area (Å²) in [4.78, 5) is 0. The molecule has 1 aromatic carbocycles. The van der Waals surface area contributed by atoms with Crippen LogP contribution in [0.4, 0.5) is 0 Å². The lowest BCUT2D eigenvalue weighted by Crippen LogP contribution is -2.21. The van der Waals surface area contributed by atoms with Crippen molar-refractivity contribution >= 4 is 0 Å². The summed E-state index contributed by atoms with van der Waals surface area (Å²) in [6.07, 6.45) is 4.03. The lowest BCUT2D eigenvalue weighted by Gasteiger charge is -2.18. The Kier molecular flexibility index (Phi) is 2.58. The monoisotopic (exact) mass is 214 g/mol. The number of aromatic nitrogens is 2. The molecule has 0 aliphatic rings. The van der Waals surface area contributed by atoms with Crippen molar-refractivity contribution in [1.29, 1.82) is 0 Å². The Hall–Kier alpha value is -1.57. The molecule has 0 fully saturated rings. The first-order chi connectivity index (χ1) is 7.47. The SMILES string of the molecule is Cc1ccc(-c2cnn(C(C)(C)C)c2)cc1. The Morgan fingerprint density at radius 3 is 2.12 bits per heavy atom. The summed E-state index contributed by atoms with van der Waals surface area (Å²) < 4.78 is 2.00. The van der Waals surface area contributed by atoms with E-state index in [9.17, 15) is 0 Å². The average Bonchev–Trinajstić information content (AvgIpc) is 2.67. The minimum Gasteiger partial charge on any atom is -0.267 e. The molecule has 1 aromatic heterocycles. The van der Waals surface area contributed by atoms with Crippen LogP contribution in [-0.2, 0) is 5.54 Å². The zero-order valence-electron chi connectivity index (χ0n) is 10.4. The van der Waals surface area contributed by atoms with Gasteiger partial charge < -0.3 is 0 Å². The molecule has 1 heterocycles. The molecule has 0 saturated carbocycles. The Labute approximate surface area is 96.9 Å². The molecule has 0 aliphatic heterocycles. The van der Waals surface area contributed by atoms with Crippen molar-refractivity contribution in [3.8, 4) is 11.1 Å². The van der Waals surface area contributed by atoms with E-state index in [1.165, 1.54) is 16.7 Å². The Bertz CT molecular complexity index is 472. The van der Waals surface area contributed by atoms with E-state index in [1.807, 2.05) is 10.9 Å². The molecule has 0 N–H and O–H groups in total. The summed E-state index contributed by atoms with van der Waals surface area (Å²) in [5.74, 6) is 0. The quantitative estimate of drug-likeness (QED) is 0.709. The lowest BCUT2D eigenvalue weighted by molar-refractivity contribution is 0.355. The van der Waals surface area contributed by atoms with Gasteiger partial charge in [0.1, 0.15) is 0 Å². The lowest BCUT2D eigenvalue weighted by atomic mass is 10.1. The predicted octanol–water partition coefficient (Wildman–Crippen LogP) is 3.61. The van der Waals surface area contributed by atoms with Gasteiger partial charge in [-0.15, -0.1) is 0 Å².